The van der Waals surface area contributed by atoms with Crippen LogP contribution in [0.15, 0.2) is 169 Å². The number of aromatic nitrogens is 1. The molecule has 2 nitrogen and oxygen atoms in total. The summed E-state index contributed by atoms with van der Waals surface area (Å²) in [6.45, 7) is 4.34. The quantitative estimate of drug-likeness (QED) is 0.171. The van der Waals surface area contributed by atoms with E-state index in [0.29, 0.717) is 0 Å². The molecule has 1 aromatic heterocycles. The van der Waals surface area contributed by atoms with Crippen LogP contribution in [0.3, 0.4) is 0 Å². The van der Waals surface area contributed by atoms with Gasteiger partial charge in [0, 0.05) is 16.5 Å². The number of hydrogen-bond acceptors (Lipinski definition) is 1. The molecule has 212 valence electrons. The van der Waals surface area contributed by atoms with Crippen molar-refractivity contribution in [1.82, 2.24) is 4.57 Å². The number of nitrogens with zero attached hydrogens (tertiary/aromatic N) is 2. The normalized spacial score (nSPS) is 13.0. The monoisotopic (exact) mass is 566 g/mol. The number of fused-ring (bicyclic) bond motifs is 3. The first kappa shape index (κ1) is 27.4. The van der Waals surface area contributed by atoms with Gasteiger partial charge in [0.2, 0.25) is 0 Å². The lowest BCUT2D eigenvalue weighted by Gasteiger charge is -2.13. The fraction of sp³-hybridized carbons (Fsp3) is 0.0714. The summed E-state index contributed by atoms with van der Waals surface area (Å²) in [5.41, 5.74) is 11.6. The standard InChI is InChI=1S/C42H34N2/c1-30(32-25-27-37(28-26-32)44-41-19-11-9-17-38(41)39-18-10-12-20-42(39)44)29-40(43-31(2)33-13-5-3-6-14-33)36-23-21-35(22-24-36)34-15-7-4-8-16-34/h3-29,31H,1-2H3/b30-29+,43-40?. The van der Waals surface area contributed by atoms with Crippen LogP contribution in [-0.2, 0) is 0 Å². The van der Waals surface area contributed by atoms with Crippen LogP contribution in [0.4, 0.5) is 0 Å². The Morgan fingerprint density at radius 1 is 0.545 bits per heavy atom. The zero-order valence-corrected chi connectivity index (χ0v) is 25.1. The molecule has 6 aromatic carbocycles. The lowest BCUT2D eigenvalue weighted by molar-refractivity contribution is 0.822. The molecule has 2 heteroatoms. The lowest BCUT2D eigenvalue weighted by Crippen LogP contribution is -2.02. The molecule has 0 saturated heterocycles. The van der Waals surface area contributed by atoms with Gasteiger partial charge in [0.15, 0.2) is 0 Å². The van der Waals surface area contributed by atoms with Crippen LogP contribution in [0, 0.1) is 0 Å². The first-order valence-electron chi connectivity index (χ1n) is 15.2. The van der Waals surface area contributed by atoms with Crippen molar-refractivity contribution in [2.24, 2.45) is 4.99 Å². The van der Waals surface area contributed by atoms with Crippen LogP contribution < -0.4 is 0 Å². The maximum Gasteiger partial charge on any atom is 0.0728 e. The molecule has 0 amide bonds. The van der Waals surface area contributed by atoms with Crippen molar-refractivity contribution in [3.05, 3.63) is 180 Å². The van der Waals surface area contributed by atoms with Crippen molar-refractivity contribution >= 4 is 33.1 Å². The maximum atomic E-state index is 5.25. The fourth-order valence-corrected chi connectivity index (χ4v) is 6.04. The zero-order chi connectivity index (χ0) is 29.9. The van der Waals surface area contributed by atoms with Gasteiger partial charge in [-0.1, -0.05) is 133 Å². The number of benzene rings is 6. The van der Waals surface area contributed by atoms with Gasteiger partial charge in [0.1, 0.15) is 0 Å². The van der Waals surface area contributed by atoms with Crippen molar-refractivity contribution in [2.45, 2.75) is 19.9 Å². The van der Waals surface area contributed by atoms with Crippen molar-refractivity contribution in [2.75, 3.05) is 0 Å². The third-order valence-electron chi connectivity index (χ3n) is 8.42. The van der Waals surface area contributed by atoms with Crippen molar-refractivity contribution in [1.29, 1.82) is 0 Å². The van der Waals surface area contributed by atoms with E-state index in [4.69, 9.17) is 4.99 Å². The predicted octanol–water partition coefficient (Wildman–Crippen LogP) is 11.1. The zero-order valence-electron chi connectivity index (χ0n) is 25.1. The number of para-hydroxylation sites is 2. The van der Waals surface area contributed by atoms with Gasteiger partial charge >= 0.3 is 0 Å². The van der Waals surface area contributed by atoms with Gasteiger partial charge in [-0.05, 0) is 77.6 Å². The third kappa shape index (κ3) is 5.39. The van der Waals surface area contributed by atoms with Crippen LogP contribution in [0.1, 0.15) is 36.6 Å². The molecule has 7 aromatic rings. The average Bonchev–Trinajstić information content (AvgIpc) is 3.43. The van der Waals surface area contributed by atoms with Crippen LogP contribution >= 0.6 is 0 Å². The highest BCUT2D eigenvalue weighted by atomic mass is 15.0. The molecule has 0 aliphatic heterocycles. The Labute approximate surface area is 259 Å². The van der Waals surface area contributed by atoms with Crippen molar-refractivity contribution in [3.8, 4) is 16.8 Å². The first-order chi connectivity index (χ1) is 21.7. The molecule has 7 rings (SSSR count). The second-order valence-electron chi connectivity index (χ2n) is 11.3. The predicted molar refractivity (Wildman–Crippen MR) is 188 cm³/mol. The number of aliphatic imine (C=N–C) groups is 1. The molecule has 0 saturated carbocycles. The maximum absolute atomic E-state index is 5.25. The average molecular weight is 567 g/mol. The molecule has 1 heterocycles. The second kappa shape index (κ2) is 12.0. The molecular formula is C42H34N2. The molecule has 0 N–H and O–H groups in total. The fourth-order valence-electron chi connectivity index (χ4n) is 6.04. The molecule has 0 radical (unpaired) electrons. The van der Waals surface area contributed by atoms with Gasteiger partial charge in [-0.2, -0.15) is 0 Å². The molecule has 0 fully saturated rings. The summed E-state index contributed by atoms with van der Waals surface area (Å²) in [5, 5.41) is 2.55. The van der Waals surface area contributed by atoms with E-state index >= 15 is 0 Å². The van der Waals surface area contributed by atoms with E-state index in [1.165, 1.54) is 49.6 Å². The molecular weight excluding hydrogens is 532 g/mol. The Morgan fingerprint density at radius 2 is 1.05 bits per heavy atom. The molecule has 1 atom stereocenters. The molecule has 1 unspecified atom stereocenters. The first-order valence-corrected chi connectivity index (χ1v) is 15.2. The Morgan fingerprint density at radius 3 is 1.66 bits per heavy atom. The van der Waals surface area contributed by atoms with Gasteiger partial charge in [-0.25, -0.2) is 0 Å². The van der Waals surface area contributed by atoms with E-state index in [1.54, 1.807) is 0 Å². The minimum Gasteiger partial charge on any atom is -0.309 e. The highest BCUT2D eigenvalue weighted by Crippen LogP contribution is 2.32. The number of rotatable bonds is 7. The summed E-state index contributed by atoms with van der Waals surface area (Å²) in [6, 6.07) is 56.0. The van der Waals surface area contributed by atoms with Gasteiger partial charge < -0.3 is 4.57 Å². The molecule has 0 aliphatic carbocycles. The number of hydrogen-bond donors (Lipinski definition) is 0. The SMILES string of the molecule is C/C(=C\C(=NC(C)c1ccccc1)c1ccc(-c2ccccc2)cc1)c1ccc(-n2c3ccccc3c3ccccc32)cc1. The van der Waals surface area contributed by atoms with Crippen LogP contribution in [0.2, 0.25) is 0 Å². The Balaban J connectivity index is 1.25. The van der Waals surface area contributed by atoms with Gasteiger partial charge in [-0.15, -0.1) is 0 Å². The topological polar surface area (TPSA) is 17.3 Å². The molecule has 0 aliphatic rings. The summed E-state index contributed by atoms with van der Waals surface area (Å²) >= 11 is 0. The van der Waals surface area contributed by atoms with Crippen LogP contribution in [0.5, 0.6) is 0 Å². The van der Waals surface area contributed by atoms with E-state index in [9.17, 15) is 0 Å². The highest BCUT2D eigenvalue weighted by molar-refractivity contribution is 6.12. The van der Waals surface area contributed by atoms with Gasteiger partial charge in [-0.3, -0.25) is 4.99 Å². The lowest BCUT2D eigenvalue weighted by atomic mass is 9.99. The van der Waals surface area contributed by atoms with Gasteiger partial charge in [0.05, 0.1) is 22.8 Å². The third-order valence-corrected chi connectivity index (χ3v) is 8.42. The van der Waals surface area contributed by atoms with E-state index in [2.05, 4.69) is 182 Å². The summed E-state index contributed by atoms with van der Waals surface area (Å²) in [5.74, 6) is 0. The van der Waals surface area contributed by atoms with E-state index < -0.39 is 0 Å². The largest absolute Gasteiger partial charge is 0.309 e. The van der Waals surface area contributed by atoms with Crippen LogP contribution in [0.25, 0.3) is 44.2 Å². The smallest absolute Gasteiger partial charge is 0.0728 e. The number of allylic oxidation sites excluding steroid dienone is 2. The van der Waals surface area contributed by atoms with Crippen molar-refractivity contribution in [3.63, 3.8) is 0 Å². The summed E-state index contributed by atoms with van der Waals surface area (Å²) < 4.78 is 2.36. The Kier molecular flexibility index (Phi) is 7.48. The van der Waals surface area contributed by atoms with E-state index in [1.807, 2.05) is 0 Å². The summed E-state index contributed by atoms with van der Waals surface area (Å²) in [7, 11) is 0. The minimum absolute atomic E-state index is 0.0294. The highest BCUT2D eigenvalue weighted by Gasteiger charge is 2.12. The minimum atomic E-state index is 0.0294. The summed E-state index contributed by atoms with van der Waals surface area (Å²) in [6.07, 6.45) is 2.23. The van der Waals surface area contributed by atoms with E-state index in [-0.39, 0.29) is 6.04 Å². The molecule has 0 spiro atoms. The molecule has 44 heavy (non-hydrogen) atoms. The molecule has 0 bridgehead atoms. The van der Waals surface area contributed by atoms with Crippen LogP contribution in [-0.4, -0.2) is 10.3 Å². The van der Waals surface area contributed by atoms with E-state index in [0.717, 1.165) is 17.0 Å². The van der Waals surface area contributed by atoms with Gasteiger partial charge in [0.25, 0.3) is 0 Å². The Bertz CT molecular complexity index is 2040. The van der Waals surface area contributed by atoms with Crippen molar-refractivity contribution < 1.29 is 0 Å². The second-order valence-corrected chi connectivity index (χ2v) is 11.3. The Hall–Kier alpha value is -5.47. The summed E-state index contributed by atoms with van der Waals surface area (Å²) in [4.78, 5) is 5.25.